The lowest BCUT2D eigenvalue weighted by Gasteiger charge is -2.31. The lowest BCUT2D eigenvalue weighted by molar-refractivity contribution is -0.142. The van der Waals surface area contributed by atoms with Gasteiger partial charge in [-0.1, -0.05) is 18.2 Å². The van der Waals surface area contributed by atoms with Crippen molar-refractivity contribution in [2.75, 3.05) is 0 Å². The van der Waals surface area contributed by atoms with E-state index in [2.05, 4.69) is 0 Å². The van der Waals surface area contributed by atoms with Gasteiger partial charge in [0.05, 0.1) is 12.0 Å². The molecule has 0 aromatic heterocycles. The molecule has 1 atom stereocenters. The third-order valence-corrected chi connectivity index (χ3v) is 4.19. The highest BCUT2D eigenvalue weighted by Gasteiger charge is 2.46. The fourth-order valence-electron chi connectivity index (χ4n) is 3.15. The van der Waals surface area contributed by atoms with Crippen LogP contribution in [0.1, 0.15) is 32.1 Å². The lowest BCUT2D eigenvalue weighted by atomic mass is 9.92. The van der Waals surface area contributed by atoms with Gasteiger partial charge < -0.3 is 5.11 Å². The molecule has 18 heavy (non-hydrogen) atoms. The third kappa shape index (κ3) is 1.72. The van der Waals surface area contributed by atoms with E-state index in [1.54, 1.807) is 6.08 Å². The molecule has 0 spiro atoms. The standard InChI is InChI=1S/C14H17NO3/c16-10-7-5-9(6-8-10)15-13(17)11-3-1-2-4-12(11)14(15)18/h1-3,9-10,12,16H,4-8H2. The number of allylic oxidation sites excluding steroid dienone is 3. The molecule has 1 heterocycles. The highest BCUT2D eigenvalue weighted by Crippen LogP contribution is 2.35. The number of amides is 2. The summed E-state index contributed by atoms with van der Waals surface area (Å²) < 4.78 is 0. The molecule has 2 amide bonds. The maximum absolute atomic E-state index is 12.3. The molecular formula is C14H17NO3. The van der Waals surface area contributed by atoms with Gasteiger partial charge in [-0.2, -0.15) is 0 Å². The maximum Gasteiger partial charge on any atom is 0.257 e. The fraction of sp³-hybridized carbons (Fsp3) is 0.571. The van der Waals surface area contributed by atoms with Gasteiger partial charge in [0.2, 0.25) is 5.91 Å². The number of fused-ring (bicyclic) bond motifs is 1. The second-order valence-corrected chi connectivity index (χ2v) is 5.31. The number of rotatable bonds is 1. The van der Waals surface area contributed by atoms with Gasteiger partial charge in [0.25, 0.3) is 5.91 Å². The smallest absolute Gasteiger partial charge is 0.257 e. The first kappa shape index (κ1) is 11.7. The lowest BCUT2D eigenvalue weighted by Crippen LogP contribution is -2.43. The minimum Gasteiger partial charge on any atom is -0.393 e. The first-order chi connectivity index (χ1) is 8.68. The molecule has 1 aliphatic heterocycles. The van der Waals surface area contributed by atoms with Crippen molar-refractivity contribution in [1.29, 1.82) is 0 Å². The zero-order valence-electron chi connectivity index (χ0n) is 10.2. The molecule has 1 unspecified atom stereocenters. The Bertz CT molecular complexity index is 444. The molecule has 0 aromatic carbocycles. The van der Waals surface area contributed by atoms with Crippen LogP contribution in [0.5, 0.6) is 0 Å². The molecule has 0 bridgehead atoms. The van der Waals surface area contributed by atoms with E-state index in [4.69, 9.17) is 0 Å². The molecule has 1 saturated carbocycles. The summed E-state index contributed by atoms with van der Waals surface area (Å²) in [6, 6.07) is -0.0140. The van der Waals surface area contributed by atoms with Crippen molar-refractivity contribution >= 4 is 11.8 Å². The number of aliphatic hydroxyl groups is 1. The van der Waals surface area contributed by atoms with E-state index in [0.29, 0.717) is 24.8 Å². The highest BCUT2D eigenvalue weighted by atomic mass is 16.3. The first-order valence-corrected chi connectivity index (χ1v) is 6.60. The molecule has 2 fully saturated rings. The normalized spacial score (nSPS) is 35.7. The van der Waals surface area contributed by atoms with Gasteiger partial charge in [0.1, 0.15) is 0 Å². The zero-order chi connectivity index (χ0) is 12.7. The van der Waals surface area contributed by atoms with Crippen LogP contribution in [0.15, 0.2) is 23.8 Å². The van der Waals surface area contributed by atoms with Crippen molar-refractivity contribution in [3.05, 3.63) is 23.8 Å². The minimum absolute atomic E-state index is 0.0140. The summed E-state index contributed by atoms with van der Waals surface area (Å²) in [5.74, 6) is -0.415. The van der Waals surface area contributed by atoms with Gasteiger partial charge >= 0.3 is 0 Å². The molecule has 96 valence electrons. The summed E-state index contributed by atoms with van der Waals surface area (Å²) in [6.45, 7) is 0. The first-order valence-electron chi connectivity index (χ1n) is 6.60. The Morgan fingerprint density at radius 2 is 1.89 bits per heavy atom. The fourth-order valence-corrected chi connectivity index (χ4v) is 3.15. The van der Waals surface area contributed by atoms with Crippen molar-refractivity contribution in [3.63, 3.8) is 0 Å². The summed E-state index contributed by atoms with van der Waals surface area (Å²) in [5, 5.41) is 9.50. The van der Waals surface area contributed by atoms with Gasteiger partial charge in [0, 0.05) is 11.6 Å². The molecule has 3 rings (SSSR count). The Morgan fingerprint density at radius 3 is 2.56 bits per heavy atom. The molecule has 1 N–H and O–H groups in total. The predicted octanol–water partition coefficient (Wildman–Crippen LogP) is 1.16. The van der Waals surface area contributed by atoms with Gasteiger partial charge in [-0.25, -0.2) is 0 Å². The summed E-state index contributed by atoms with van der Waals surface area (Å²) in [7, 11) is 0. The number of carbonyl (C=O) groups is 2. The van der Waals surface area contributed by atoms with Crippen LogP contribution in [0, 0.1) is 5.92 Å². The highest BCUT2D eigenvalue weighted by molar-refractivity contribution is 6.15. The summed E-state index contributed by atoms with van der Waals surface area (Å²) in [6.07, 6.45) is 8.76. The van der Waals surface area contributed by atoms with Crippen LogP contribution in [0.25, 0.3) is 0 Å². The van der Waals surface area contributed by atoms with Gasteiger partial charge in [-0.15, -0.1) is 0 Å². The maximum atomic E-state index is 12.3. The second-order valence-electron chi connectivity index (χ2n) is 5.31. The summed E-state index contributed by atoms with van der Waals surface area (Å²) in [5.41, 5.74) is 0.647. The Balaban J connectivity index is 1.82. The number of carbonyl (C=O) groups excluding carboxylic acids is 2. The van der Waals surface area contributed by atoms with Crippen LogP contribution in [0.3, 0.4) is 0 Å². The SMILES string of the molecule is O=C1C2=CC=CCC2C(=O)N1C1CCC(O)CC1. The molecule has 4 heteroatoms. The zero-order valence-corrected chi connectivity index (χ0v) is 10.2. The number of imide groups is 1. The predicted molar refractivity (Wildman–Crippen MR) is 65.4 cm³/mol. The van der Waals surface area contributed by atoms with E-state index in [0.717, 1.165) is 12.8 Å². The Kier molecular flexibility index (Phi) is 2.82. The van der Waals surface area contributed by atoms with Crippen molar-refractivity contribution in [1.82, 2.24) is 4.90 Å². The average Bonchev–Trinajstić information content (AvgIpc) is 2.64. The number of hydrogen-bond donors (Lipinski definition) is 1. The largest absolute Gasteiger partial charge is 0.393 e. The van der Waals surface area contributed by atoms with Crippen molar-refractivity contribution in [3.8, 4) is 0 Å². The summed E-state index contributed by atoms with van der Waals surface area (Å²) in [4.78, 5) is 26.0. The molecule has 0 aromatic rings. The average molecular weight is 247 g/mol. The van der Waals surface area contributed by atoms with E-state index in [1.807, 2.05) is 12.2 Å². The van der Waals surface area contributed by atoms with Crippen LogP contribution in [0.4, 0.5) is 0 Å². The molecule has 1 saturated heterocycles. The van der Waals surface area contributed by atoms with Crippen molar-refractivity contribution in [2.45, 2.75) is 44.2 Å². The van der Waals surface area contributed by atoms with Crippen molar-refractivity contribution < 1.29 is 14.7 Å². The van der Waals surface area contributed by atoms with Crippen molar-refractivity contribution in [2.24, 2.45) is 5.92 Å². The number of hydrogen-bond acceptors (Lipinski definition) is 3. The van der Waals surface area contributed by atoms with Crippen LogP contribution in [-0.4, -0.2) is 34.0 Å². The summed E-state index contributed by atoms with van der Waals surface area (Å²) >= 11 is 0. The van der Waals surface area contributed by atoms with Gasteiger partial charge in [-0.3, -0.25) is 14.5 Å². The number of aliphatic hydroxyl groups excluding tert-OH is 1. The Labute approximate surface area is 106 Å². The van der Waals surface area contributed by atoms with E-state index in [9.17, 15) is 14.7 Å². The van der Waals surface area contributed by atoms with Crippen LogP contribution in [-0.2, 0) is 9.59 Å². The molecule has 4 nitrogen and oxygen atoms in total. The minimum atomic E-state index is -0.266. The van der Waals surface area contributed by atoms with Gasteiger partial charge in [0.15, 0.2) is 0 Å². The molecule has 3 aliphatic rings. The van der Waals surface area contributed by atoms with Crippen LogP contribution in [0.2, 0.25) is 0 Å². The number of likely N-dealkylation sites (tertiary alicyclic amines) is 1. The molecule has 0 radical (unpaired) electrons. The Hall–Kier alpha value is -1.42. The van der Waals surface area contributed by atoms with E-state index >= 15 is 0 Å². The molecule has 2 aliphatic carbocycles. The topological polar surface area (TPSA) is 57.6 Å². The van der Waals surface area contributed by atoms with Gasteiger partial charge in [-0.05, 0) is 32.1 Å². The van der Waals surface area contributed by atoms with Crippen LogP contribution >= 0.6 is 0 Å². The van der Waals surface area contributed by atoms with E-state index < -0.39 is 0 Å². The van der Waals surface area contributed by atoms with E-state index in [-0.39, 0.29) is 29.9 Å². The van der Waals surface area contributed by atoms with E-state index in [1.165, 1.54) is 4.90 Å². The Morgan fingerprint density at radius 1 is 1.17 bits per heavy atom. The second kappa shape index (κ2) is 4.35. The third-order valence-electron chi connectivity index (χ3n) is 4.19. The molecular weight excluding hydrogens is 230 g/mol. The van der Waals surface area contributed by atoms with Crippen LogP contribution < -0.4 is 0 Å². The number of nitrogens with zero attached hydrogens (tertiary/aromatic N) is 1. The quantitative estimate of drug-likeness (QED) is 0.707. The monoisotopic (exact) mass is 247 g/mol.